The lowest BCUT2D eigenvalue weighted by atomic mass is 9.82. The quantitative estimate of drug-likeness (QED) is 0.601. The molecule has 0 radical (unpaired) electrons. The van der Waals surface area contributed by atoms with Gasteiger partial charge in [0.2, 0.25) is 11.6 Å². The number of phenolic OH excluding ortho intramolecular Hbond substituents is 1. The second kappa shape index (κ2) is 6.37. The highest BCUT2D eigenvalue weighted by molar-refractivity contribution is 8.93. The minimum Gasteiger partial charge on any atom is -0.508 e. The van der Waals surface area contributed by atoms with Gasteiger partial charge in [0, 0.05) is 12.5 Å². The Morgan fingerprint density at radius 2 is 1.71 bits per heavy atom. The SMILES string of the molecule is Br.O=C1C=C2CCNCC(c3ccc(O)cc3)C2=CC1=O. The number of carbonyl (C=O) groups is 2. The number of hydrogen-bond donors (Lipinski definition) is 2. The van der Waals surface area contributed by atoms with Crippen molar-refractivity contribution in [3.8, 4) is 5.75 Å². The predicted octanol–water partition coefficient (Wildman–Crippen LogP) is 2.05. The number of rotatable bonds is 1. The lowest BCUT2D eigenvalue weighted by molar-refractivity contribution is -0.131. The fourth-order valence-corrected chi connectivity index (χ4v) is 2.74. The highest BCUT2D eigenvalue weighted by atomic mass is 79.9. The van der Waals surface area contributed by atoms with E-state index in [-0.39, 0.29) is 28.6 Å². The molecule has 0 bridgehead atoms. The van der Waals surface area contributed by atoms with E-state index in [1.807, 2.05) is 12.1 Å². The Balaban J connectivity index is 0.00000161. The summed E-state index contributed by atoms with van der Waals surface area (Å²) in [5.41, 5.74) is 2.89. The monoisotopic (exact) mass is 349 g/mol. The third-order valence-corrected chi connectivity index (χ3v) is 3.80. The average molecular weight is 350 g/mol. The summed E-state index contributed by atoms with van der Waals surface area (Å²) in [6.45, 7) is 1.51. The number of halogens is 1. The number of phenols is 1. The molecule has 4 nitrogen and oxygen atoms in total. The van der Waals surface area contributed by atoms with Gasteiger partial charge < -0.3 is 10.4 Å². The first-order valence-corrected chi connectivity index (χ1v) is 6.65. The van der Waals surface area contributed by atoms with E-state index >= 15 is 0 Å². The molecule has 2 aliphatic rings. The van der Waals surface area contributed by atoms with Crippen LogP contribution in [0.4, 0.5) is 0 Å². The summed E-state index contributed by atoms with van der Waals surface area (Å²) in [4.78, 5) is 23.2. The van der Waals surface area contributed by atoms with Gasteiger partial charge in [0.15, 0.2) is 0 Å². The van der Waals surface area contributed by atoms with E-state index in [0.29, 0.717) is 0 Å². The molecule has 0 aromatic heterocycles. The van der Waals surface area contributed by atoms with E-state index in [2.05, 4.69) is 5.32 Å². The molecular formula is C16H16BrNO3. The fraction of sp³-hybridized carbons (Fsp3) is 0.250. The van der Waals surface area contributed by atoms with Crippen molar-refractivity contribution < 1.29 is 14.7 Å². The van der Waals surface area contributed by atoms with Crippen molar-refractivity contribution in [3.63, 3.8) is 0 Å². The summed E-state index contributed by atoms with van der Waals surface area (Å²) in [7, 11) is 0. The standard InChI is InChI=1S/C16H15NO3.BrH/c18-12-3-1-10(2-4-12)14-9-17-6-5-11-7-15(19)16(20)8-13(11)14;/h1-4,7-8,14,17-18H,5-6,9H2;1H. The van der Waals surface area contributed by atoms with Gasteiger partial charge in [-0.15, -0.1) is 17.0 Å². The van der Waals surface area contributed by atoms with E-state index in [0.717, 1.165) is 36.2 Å². The van der Waals surface area contributed by atoms with Gasteiger partial charge in [-0.3, -0.25) is 9.59 Å². The summed E-state index contributed by atoms with van der Waals surface area (Å²) >= 11 is 0. The number of allylic oxidation sites excluding steroid dienone is 2. The number of hydrogen-bond acceptors (Lipinski definition) is 4. The normalized spacial score (nSPS) is 21.6. The largest absolute Gasteiger partial charge is 0.508 e. The molecule has 1 aromatic carbocycles. The number of nitrogens with one attached hydrogen (secondary N) is 1. The van der Waals surface area contributed by atoms with Crippen molar-refractivity contribution in [2.75, 3.05) is 13.1 Å². The molecule has 110 valence electrons. The van der Waals surface area contributed by atoms with Gasteiger partial charge in [-0.2, -0.15) is 0 Å². The van der Waals surface area contributed by atoms with Crippen molar-refractivity contribution in [2.24, 2.45) is 0 Å². The lowest BCUT2D eigenvalue weighted by Gasteiger charge is -2.21. The fourth-order valence-electron chi connectivity index (χ4n) is 2.74. The molecule has 1 saturated heterocycles. The van der Waals surface area contributed by atoms with E-state index in [9.17, 15) is 14.7 Å². The van der Waals surface area contributed by atoms with Crippen LogP contribution in [0.3, 0.4) is 0 Å². The summed E-state index contributed by atoms with van der Waals surface area (Å²) in [6, 6.07) is 6.98. The topological polar surface area (TPSA) is 66.4 Å². The average Bonchev–Trinajstić information content (AvgIpc) is 2.63. The number of fused-ring (bicyclic) bond motifs is 1. The molecule has 1 heterocycles. The van der Waals surface area contributed by atoms with Gasteiger partial charge >= 0.3 is 0 Å². The van der Waals surface area contributed by atoms with Gasteiger partial charge in [0.1, 0.15) is 5.75 Å². The molecule has 0 amide bonds. The van der Waals surface area contributed by atoms with E-state index in [1.165, 1.54) is 12.2 Å². The smallest absolute Gasteiger partial charge is 0.226 e. The maximum atomic E-state index is 11.7. The van der Waals surface area contributed by atoms with Crippen LogP contribution in [0.15, 0.2) is 47.6 Å². The minimum atomic E-state index is -0.450. The Morgan fingerprint density at radius 1 is 1.05 bits per heavy atom. The molecule has 21 heavy (non-hydrogen) atoms. The van der Waals surface area contributed by atoms with Crippen LogP contribution in [0.25, 0.3) is 0 Å². The summed E-state index contributed by atoms with van der Waals surface area (Å²) in [6.07, 6.45) is 3.69. The third kappa shape index (κ3) is 3.14. The maximum absolute atomic E-state index is 11.7. The van der Waals surface area contributed by atoms with Crippen LogP contribution in [0.1, 0.15) is 17.9 Å². The molecule has 0 spiro atoms. The zero-order valence-corrected chi connectivity index (χ0v) is 13.0. The first kappa shape index (κ1) is 15.7. The lowest BCUT2D eigenvalue weighted by Crippen LogP contribution is -2.21. The summed E-state index contributed by atoms with van der Waals surface area (Å²) in [5.74, 6) is -0.638. The molecule has 1 aromatic rings. The Labute approximate surface area is 133 Å². The molecule has 1 fully saturated rings. The third-order valence-electron chi connectivity index (χ3n) is 3.80. The predicted molar refractivity (Wildman–Crippen MR) is 84.8 cm³/mol. The Bertz CT molecular complexity index is 631. The van der Waals surface area contributed by atoms with Crippen molar-refractivity contribution in [3.05, 3.63) is 53.1 Å². The van der Waals surface area contributed by atoms with Crippen molar-refractivity contribution in [1.82, 2.24) is 5.32 Å². The molecule has 1 aliphatic heterocycles. The van der Waals surface area contributed by atoms with E-state index < -0.39 is 11.6 Å². The number of carbonyl (C=O) groups excluding carboxylic acids is 2. The van der Waals surface area contributed by atoms with Crippen LogP contribution in [0.2, 0.25) is 0 Å². The van der Waals surface area contributed by atoms with Crippen LogP contribution in [-0.4, -0.2) is 29.8 Å². The molecule has 5 heteroatoms. The molecule has 0 saturated carbocycles. The second-order valence-corrected chi connectivity index (χ2v) is 5.10. The van der Waals surface area contributed by atoms with E-state index in [4.69, 9.17) is 0 Å². The molecule has 1 unspecified atom stereocenters. The molecule has 2 N–H and O–H groups in total. The van der Waals surface area contributed by atoms with Crippen LogP contribution in [0.5, 0.6) is 5.75 Å². The number of benzene rings is 1. The highest BCUT2D eigenvalue weighted by Gasteiger charge is 2.28. The highest BCUT2D eigenvalue weighted by Crippen LogP contribution is 2.34. The van der Waals surface area contributed by atoms with Crippen LogP contribution < -0.4 is 5.32 Å². The number of ketones is 2. The van der Waals surface area contributed by atoms with Crippen molar-refractivity contribution >= 4 is 28.5 Å². The minimum absolute atomic E-state index is 0. The van der Waals surface area contributed by atoms with Gasteiger partial charge in [-0.25, -0.2) is 0 Å². The first-order valence-electron chi connectivity index (χ1n) is 6.65. The van der Waals surface area contributed by atoms with Crippen LogP contribution in [0, 0.1) is 0 Å². The zero-order chi connectivity index (χ0) is 14.1. The van der Waals surface area contributed by atoms with E-state index in [1.54, 1.807) is 12.1 Å². The van der Waals surface area contributed by atoms with Gasteiger partial charge in [0.25, 0.3) is 0 Å². The van der Waals surface area contributed by atoms with Crippen molar-refractivity contribution in [2.45, 2.75) is 12.3 Å². The van der Waals surface area contributed by atoms with Gasteiger partial charge in [0.05, 0.1) is 0 Å². The molecule has 1 aliphatic carbocycles. The Hall–Kier alpha value is -1.72. The van der Waals surface area contributed by atoms with Gasteiger partial charge in [-0.05, 0) is 54.0 Å². The Kier molecular flexibility index (Phi) is 4.75. The maximum Gasteiger partial charge on any atom is 0.226 e. The first-order chi connectivity index (χ1) is 9.65. The zero-order valence-electron chi connectivity index (χ0n) is 11.3. The molecular weight excluding hydrogens is 334 g/mol. The summed E-state index contributed by atoms with van der Waals surface area (Å²) < 4.78 is 0. The van der Waals surface area contributed by atoms with Gasteiger partial charge in [-0.1, -0.05) is 12.1 Å². The second-order valence-electron chi connectivity index (χ2n) is 5.10. The van der Waals surface area contributed by atoms with Crippen molar-refractivity contribution in [1.29, 1.82) is 0 Å². The molecule has 1 atom stereocenters. The summed E-state index contributed by atoms with van der Waals surface area (Å²) in [5, 5.41) is 12.7. The number of aromatic hydroxyl groups is 1. The van der Waals surface area contributed by atoms with Crippen LogP contribution in [-0.2, 0) is 9.59 Å². The molecule has 3 rings (SSSR count). The van der Waals surface area contributed by atoms with Crippen LogP contribution >= 0.6 is 17.0 Å². The Morgan fingerprint density at radius 3 is 2.43 bits per heavy atom.